The smallest absolute Gasteiger partial charge is 0.434 e. The van der Waals surface area contributed by atoms with Crippen LogP contribution < -0.4 is 10.6 Å². The lowest BCUT2D eigenvalue weighted by molar-refractivity contribution is -0.137. The largest absolute Gasteiger partial charge is 0.442 e. The number of hydrogen-bond donors (Lipinski definition) is 2. The van der Waals surface area contributed by atoms with E-state index in [1.165, 1.54) is 12.1 Å². The van der Waals surface area contributed by atoms with Gasteiger partial charge in [0.25, 0.3) is 5.91 Å². The number of ether oxygens (including phenoxy) is 1. The van der Waals surface area contributed by atoms with Crippen LogP contribution in [-0.2, 0) is 15.7 Å². The molecule has 1 aliphatic rings. The quantitative estimate of drug-likeness (QED) is 0.624. The highest BCUT2D eigenvalue weighted by Crippen LogP contribution is 2.40. The molecule has 29 heavy (non-hydrogen) atoms. The number of carbonyl (C=O) groups is 2. The van der Waals surface area contributed by atoms with Crippen molar-refractivity contribution in [3.05, 3.63) is 23.8 Å². The Balaban J connectivity index is 2.26. The van der Waals surface area contributed by atoms with Crippen LogP contribution in [-0.4, -0.2) is 29.9 Å². The Hall–Kier alpha value is -2.58. The first-order valence-electron chi connectivity index (χ1n) is 9.46. The minimum Gasteiger partial charge on any atom is -0.442 e. The Morgan fingerprint density at radius 2 is 1.86 bits per heavy atom. The number of benzene rings is 1. The van der Waals surface area contributed by atoms with Gasteiger partial charge in [-0.25, -0.2) is 4.79 Å². The summed E-state index contributed by atoms with van der Waals surface area (Å²) in [7, 11) is 0. The van der Waals surface area contributed by atoms with Crippen molar-refractivity contribution in [1.82, 2.24) is 0 Å². The second-order valence-electron chi connectivity index (χ2n) is 7.90. The Kier molecular flexibility index (Phi) is 6.92. The number of hydrogen-bond acceptors (Lipinski definition) is 4. The van der Waals surface area contributed by atoms with Gasteiger partial charge in [0.1, 0.15) is 11.3 Å². The van der Waals surface area contributed by atoms with Crippen molar-refractivity contribution < 1.29 is 27.5 Å². The van der Waals surface area contributed by atoms with Gasteiger partial charge in [-0.15, -0.1) is 0 Å². The van der Waals surface area contributed by atoms with Crippen LogP contribution in [0.25, 0.3) is 0 Å². The van der Waals surface area contributed by atoms with Crippen molar-refractivity contribution in [3.8, 4) is 0 Å². The number of alkyl halides is 3. The standard InChI is InChI=1S/C20H26F3N3O3/c1-5-14(26-18(28)29-19(2,3)4)17(27)25-15-8-6-7-13(20(21,22)23)16(15)24-11-12-9-10-12/h6-8,12,24H,5,9-11H2,1-4H3,(H,25,27)/b26-14+. The van der Waals surface area contributed by atoms with Crippen LogP contribution in [0.4, 0.5) is 29.3 Å². The summed E-state index contributed by atoms with van der Waals surface area (Å²) in [5.41, 5.74) is -1.98. The molecule has 0 aliphatic heterocycles. The van der Waals surface area contributed by atoms with E-state index in [0.717, 1.165) is 18.9 Å². The number of carbonyl (C=O) groups excluding carboxylic acids is 2. The van der Waals surface area contributed by atoms with Gasteiger partial charge in [0.2, 0.25) is 0 Å². The predicted molar refractivity (Wildman–Crippen MR) is 105 cm³/mol. The van der Waals surface area contributed by atoms with Crippen molar-refractivity contribution in [1.29, 1.82) is 0 Å². The fourth-order valence-electron chi connectivity index (χ4n) is 2.53. The van der Waals surface area contributed by atoms with Gasteiger partial charge in [-0.1, -0.05) is 13.0 Å². The molecule has 9 heteroatoms. The van der Waals surface area contributed by atoms with Gasteiger partial charge in [-0.05, 0) is 58.1 Å². The summed E-state index contributed by atoms with van der Waals surface area (Å²) in [6, 6.07) is 3.56. The first-order chi connectivity index (χ1) is 13.4. The molecule has 1 fully saturated rings. The summed E-state index contributed by atoms with van der Waals surface area (Å²) in [6.07, 6.45) is -3.48. The molecule has 1 aliphatic carbocycles. The molecule has 0 heterocycles. The minimum absolute atomic E-state index is 0.0178. The van der Waals surface area contributed by atoms with E-state index in [4.69, 9.17) is 4.74 Å². The molecule has 0 radical (unpaired) electrons. The SMILES string of the molecule is CC/C(=N\C(=O)OC(C)(C)C)C(=O)Nc1cccc(C(F)(F)F)c1NCC1CC1. The minimum atomic E-state index is -4.58. The summed E-state index contributed by atoms with van der Waals surface area (Å²) in [5, 5.41) is 5.26. The monoisotopic (exact) mass is 413 g/mol. The van der Waals surface area contributed by atoms with Crippen molar-refractivity contribution in [2.24, 2.45) is 10.9 Å². The molecule has 160 valence electrons. The maximum Gasteiger partial charge on any atom is 0.434 e. The van der Waals surface area contributed by atoms with Crippen molar-refractivity contribution in [3.63, 3.8) is 0 Å². The Morgan fingerprint density at radius 1 is 1.21 bits per heavy atom. The van der Waals surface area contributed by atoms with Crippen LogP contribution in [0.5, 0.6) is 0 Å². The molecule has 2 rings (SSSR count). The molecule has 1 aromatic carbocycles. The van der Waals surface area contributed by atoms with Crippen molar-refractivity contribution in [2.45, 2.75) is 58.7 Å². The highest BCUT2D eigenvalue weighted by Gasteiger charge is 2.35. The number of aliphatic imine (C=N–C) groups is 1. The zero-order chi connectivity index (χ0) is 21.8. The topological polar surface area (TPSA) is 79.8 Å². The number of rotatable bonds is 6. The fraction of sp³-hybridized carbons (Fsp3) is 0.550. The first kappa shape index (κ1) is 22.7. The Bertz CT molecular complexity index is 794. The van der Waals surface area contributed by atoms with Crippen LogP contribution in [0.1, 0.15) is 52.5 Å². The number of nitrogens with zero attached hydrogens (tertiary/aromatic N) is 1. The van der Waals surface area contributed by atoms with Gasteiger partial charge in [0, 0.05) is 6.54 Å². The van der Waals surface area contributed by atoms with E-state index < -0.39 is 29.3 Å². The summed E-state index contributed by atoms with van der Waals surface area (Å²) in [5.74, 6) is -0.424. The summed E-state index contributed by atoms with van der Waals surface area (Å²) in [4.78, 5) is 28.1. The highest BCUT2D eigenvalue weighted by atomic mass is 19.4. The molecule has 6 nitrogen and oxygen atoms in total. The van der Waals surface area contributed by atoms with Gasteiger partial charge in [0.05, 0.1) is 16.9 Å². The summed E-state index contributed by atoms with van der Waals surface area (Å²) >= 11 is 0. The fourth-order valence-corrected chi connectivity index (χ4v) is 2.53. The number of anilines is 2. The van der Waals surface area contributed by atoms with Gasteiger partial charge < -0.3 is 15.4 Å². The van der Waals surface area contributed by atoms with E-state index in [1.54, 1.807) is 27.7 Å². The van der Waals surface area contributed by atoms with Crippen molar-refractivity contribution >= 4 is 29.1 Å². The number of amides is 2. The van der Waals surface area contributed by atoms with Gasteiger partial charge in [0.15, 0.2) is 0 Å². The average Bonchev–Trinajstić information content (AvgIpc) is 3.40. The third kappa shape index (κ3) is 7.07. The second kappa shape index (κ2) is 8.84. The zero-order valence-corrected chi connectivity index (χ0v) is 16.9. The van der Waals surface area contributed by atoms with Gasteiger partial charge in [-0.2, -0.15) is 18.2 Å². The van der Waals surface area contributed by atoms with E-state index in [0.29, 0.717) is 12.5 Å². The van der Waals surface area contributed by atoms with Crippen LogP contribution in [0.3, 0.4) is 0 Å². The number of halogens is 3. The third-order valence-electron chi connectivity index (χ3n) is 4.10. The highest BCUT2D eigenvalue weighted by molar-refractivity contribution is 6.44. The Labute approximate surface area is 167 Å². The van der Waals surface area contributed by atoms with E-state index >= 15 is 0 Å². The molecule has 0 bridgehead atoms. The number of para-hydroxylation sites is 1. The number of nitrogens with one attached hydrogen (secondary N) is 2. The molecule has 0 aromatic heterocycles. The maximum atomic E-state index is 13.4. The lowest BCUT2D eigenvalue weighted by Crippen LogP contribution is -2.27. The lowest BCUT2D eigenvalue weighted by Gasteiger charge is -2.19. The van der Waals surface area contributed by atoms with Crippen LogP contribution in [0, 0.1) is 5.92 Å². The lowest BCUT2D eigenvalue weighted by atomic mass is 10.1. The molecule has 1 saturated carbocycles. The molecular formula is C20H26F3N3O3. The maximum absolute atomic E-state index is 13.4. The van der Waals surface area contributed by atoms with Crippen LogP contribution >= 0.6 is 0 Å². The third-order valence-corrected chi connectivity index (χ3v) is 4.10. The first-order valence-corrected chi connectivity index (χ1v) is 9.46. The van der Waals surface area contributed by atoms with E-state index in [9.17, 15) is 22.8 Å². The molecular weight excluding hydrogens is 387 g/mol. The van der Waals surface area contributed by atoms with Crippen molar-refractivity contribution in [2.75, 3.05) is 17.2 Å². The summed E-state index contributed by atoms with van der Waals surface area (Å²) in [6.45, 7) is 6.98. The van der Waals surface area contributed by atoms with E-state index in [2.05, 4.69) is 15.6 Å². The van der Waals surface area contributed by atoms with E-state index in [-0.39, 0.29) is 23.5 Å². The molecule has 1 aromatic rings. The zero-order valence-electron chi connectivity index (χ0n) is 16.9. The van der Waals surface area contributed by atoms with Crippen LogP contribution in [0.15, 0.2) is 23.2 Å². The summed E-state index contributed by atoms with van der Waals surface area (Å²) < 4.78 is 45.3. The molecule has 2 N–H and O–H groups in total. The second-order valence-corrected chi connectivity index (χ2v) is 7.90. The normalized spacial score (nSPS) is 15.1. The van der Waals surface area contributed by atoms with Crippen LogP contribution in [0.2, 0.25) is 0 Å². The molecule has 0 saturated heterocycles. The average molecular weight is 413 g/mol. The molecule has 0 spiro atoms. The Morgan fingerprint density at radius 3 is 2.38 bits per heavy atom. The predicted octanol–water partition coefficient (Wildman–Crippen LogP) is 5.25. The van der Waals surface area contributed by atoms with Gasteiger partial charge in [-0.3, -0.25) is 4.79 Å². The molecule has 0 unspecified atom stereocenters. The molecule has 0 atom stereocenters. The molecule has 2 amide bonds. The van der Waals surface area contributed by atoms with E-state index in [1.807, 2.05) is 0 Å². The van der Waals surface area contributed by atoms with Gasteiger partial charge >= 0.3 is 12.3 Å².